The zero-order valence-corrected chi connectivity index (χ0v) is 14.7. The van der Waals surface area contributed by atoms with Crippen LogP contribution in [0.1, 0.15) is 41.0 Å². The summed E-state index contributed by atoms with van der Waals surface area (Å²) in [4.78, 5) is 16.8. The Balaban J connectivity index is 1.62. The summed E-state index contributed by atoms with van der Waals surface area (Å²) >= 11 is 0. The predicted molar refractivity (Wildman–Crippen MR) is 92.3 cm³/mol. The van der Waals surface area contributed by atoms with Crippen LogP contribution in [0.2, 0.25) is 0 Å². The lowest BCUT2D eigenvalue weighted by Gasteiger charge is -2.31. The molecule has 0 unspecified atom stereocenters. The minimum Gasteiger partial charge on any atom is -0.435 e. The second-order valence-electron chi connectivity index (χ2n) is 6.15. The molecule has 0 radical (unpaired) electrons. The molecule has 3 rings (SSSR count). The zero-order chi connectivity index (χ0) is 17.6. The van der Waals surface area contributed by atoms with Crippen molar-refractivity contribution in [1.29, 1.82) is 0 Å². The lowest BCUT2D eigenvalue weighted by atomic mass is 10.1. The maximum Gasteiger partial charge on any atom is 0.289 e. The number of hydrogen-bond acceptors (Lipinski definition) is 5. The van der Waals surface area contributed by atoms with Gasteiger partial charge in [-0.1, -0.05) is 37.3 Å². The molecular weight excluding hydrogens is 320 g/mol. The number of carbonyl (C=O) groups is 1. The van der Waals surface area contributed by atoms with E-state index in [0.29, 0.717) is 44.2 Å². The summed E-state index contributed by atoms with van der Waals surface area (Å²) in [5.74, 6) is 0.613. The molecule has 1 amide bonds. The molecule has 0 spiro atoms. The van der Waals surface area contributed by atoms with Crippen molar-refractivity contribution < 1.29 is 18.7 Å². The summed E-state index contributed by atoms with van der Waals surface area (Å²) in [6, 6.07) is 9.85. The van der Waals surface area contributed by atoms with E-state index in [1.165, 1.54) is 0 Å². The number of aromatic nitrogens is 1. The first kappa shape index (κ1) is 17.6. The third-order valence-corrected chi connectivity index (χ3v) is 4.28. The molecule has 1 fully saturated rings. The Hall–Kier alpha value is -2.18. The number of ether oxygens (including phenoxy) is 2. The third kappa shape index (κ3) is 4.46. The molecule has 1 aliphatic heterocycles. The van der Waals surface area contributed by atoms with Crippen LogP contribution in [0.5, 0.6) is 0 Å². The van der Waals surface area contributed by atoms with Crippen LogP contribution in [0.25, 0.3) is 0 Å². The predicted octanol–water partition coefficient (Wildman–Crippen LogP) is 2.65. The van der Waals surface area contributed by atoms with Crippen LogP contribution in [0.15, 0.2) is 34.7 Å². The normalized spacial score (nSPS) is 20.4. The molecule has 1 N–H and O–H groups in total. The van der Waals surface area contributed by atoms with Crippen LogP contribution >= 0.6 is 0 Å². The molecule has 25 heavy (non-hydrogen) atoms. The van der Waals surface area contributed by atoms with E-state index in [-0.39, 0.29) is 23.8 Å². The van der Waals surface area contributed by atoms with Gasteiger partial charge in [-0.25, -0.2) is 4.98 Å². The number of benzene rings is 1. The first-order valence-electron chi connectivity index (χ1n) is 8.67. The van der Waals surface area contributed by atoms with Crippen molar-refractivity contribution in [3.8, 4) is 0 Å². The molecule has 0 bridgehead atoms. The largest absolute Gasteiger partial charge is 0.435 e. The summed E-state index contributed by atoms with van der Waals surface area (Å²) in [5.41, 5.74) is 1.71. The van der Waals surface area contributed by atoms with Crippen molar-refractivity contribution in [2.75, 3.05) is 13.2 Å². The van der Waals surface area contributed by atoms with Gasteiger partial charge in [0, 0.05) is 13.0 Å². The number of nitrogens with one attached hydrogen (secondary N) is 1. The van der Waals surface area contributed by atoms with Crippen LogP contribution in [0.4, 0.5) is 0 Å². The van der Waals surface area contributed by atoms with E-state index in [1.54, 1.807) is 6.92 Å². The fraction of sp³-hybridized carbons (Fsp3) is 0.474. The van der Waals surface area contributed by atoms with Crippen LogP contribution in [-0.2, 0) is 22.5 Å². The first-order valence-corrected chi connectivity index (χ1v) is 8.67. The van der Waals surface area contributed by atoms with Crippen LogP contribution in [0.3, 0.4) is 0 Å². The third-order valence-electron chi connectivity index (χ3n) is 4.28. The van der Waals surface area contributed by atoms with Gasteiger partial charge in [0.1, 0.15) is 6.10 Å². The highest BCUT2D eigenvalue weighted by atomic mass is 16.5. The topological polar surface area (TPSA) is 73.6 Å². The van der Waals surface area contributed by atoms with Crippen molar-refractivity contribution in [3.63, 3.8) is 0 Å². The Morgan fingerprint density at radius 3 is 2.88 bits per heavy atom. The van der Waals surface area contributed by atoms with E-state index in [4.69, 9.17) is 13.9 Å². The molecule has 1 aromatic heterocycles. The Morgan fingerprint density at radius 2 is 2.16 bits per heavy atom. The standard InChI is InChI=1S/C19H24N2O4/c1-3-17-20-13(2)18(25-17)19(22)21-15-9-10-23-12-16(15)24-11-14-7-5-4-6-8-14/h4-8,15-16H,3,9-12H2,1-2H3,(H,21,22)/t15-,16-/m1/s1. The minimum absolute atomic E-state index is 0.112. The van der Waals surface area contributed by atoms with Crippen molar-refractivity contribution in [3.05, 3.63) is 53.2 Å². The fourth-order valence-corrected chi connectivity index (χ4v) is 2.87. The maximum absolute atomic E-state index is 12.5. The first-order chi connectivity index (χ1) is 12.2. The summed E-state index contributed by atoms with van der Waals surface area (Å²) < 4.78 is 17.0. The molecule has 1 aromatic carbocycles. The molecule has 2 aromatic rings. The highest BCUT2D eigenvalue weighted by Crippen LogP contribution is 2.16. The van der Waals surface area contributed by atoms with E-state index < -0.39 is 0 Å². The van der Waals surface area contributed by atoms with Crippen molar-refractivity contribution in [2.45, 2.75) is 45.4 Å². The zero-order valence-electron chi connectivity index (χ0n) is 14.7. The minimum atomic E-state index is -0.245. The number of aryl methyl sites for hydroxylation is 2. The second-order valence-corrected chi connectivity index (χ2v) is 6.15. The summed E-state index contributed by atoms with van der Waals surface area (Å²) in [6.07, 6.45) is 1.18. The van der Waals surface area contributed by atoms with Gasteiger partial charge >= 0.3 is 0 Å². The average molecular weight is 344 g/mol. The number of hydrogen-bond donors (Lipinski definition) is 1. The molecule has 0 aliphatic carbocycles. The maximum atomic E-state index is 12.5. The lowest BCUT2D eigenvalue weighted by Crippen LogP contribution is -2.50. The summed E-state index contributed by atoms with van der Waals surface area (Å²) in [5, 5.41) is 3.02. The highest BCUT2D eigenvalue weighted by Gasteiger charge is 2.30. The molecule has 134 valence electrons. The lowest BCUT2D eigenvalue weighted by molar-refractivity contribution is -0.0737. The molecular formula is C19H24N2O4. The van der Waals surface area contributed by atoms with Crippen LogP contribution in [0, 0.1) is 6.92 Å². The molecule has 2 heterocycles. The van der Waals surface area contributed by atoms with Gasteiger partial charge in [0.15, 0.2) is 5.89 Å². The molecule has 6 heteroatoms. The smallest absolute Gasteiger partial charge is 0.289 e. The highest BCUT2D eigenvalue weighted by molar-refractivity contribution is 5.92. The Kier molecular flexibility index (Phi) is 5.83. The molecule has 6 nitrogen and oxygen atoms in total. The van der Waals surface area contributed by atoms with E-state index in [2.05, 4.69) is 10.3 Å². The number of carbonyl (C=O) groups excluding carboxylic acids is 1. The molecule has 1 saturated heterocycles. The fourth-order valence-electron chi connectivity index (χ4n) is 2.87. The van der Waals surface area contributed by atoms with E-state index in [0.717, 1.165) is 5.56 Å². The number of rotatable bonds is 6. The van der Waals surface area contributed by atoms with Gasteiger partial charge in [0.25, 0.3) is 5.91 Å². The second kappa shape index (κ2) is 8.27. The van der Waals surface area contributed by atoms with Gasteiger partial charge in [0.2, 0.25) is 5.76 Å². The van der Waals surface area contributed by atoms with E-state index in [1.807, 2.05) is 37.3 Å². The van der Waals surface area contributed by atoms with E-state index in [9.17, 15) is 4.79 Å². The monoisotopic (exact) mass is 344 g/mol. The SMILES string of the molecule is CCc1nc(C)c(C(=O)N[C@@H]2CCOC[C@H]2OCc2ccccc2)o1. The summed E-state index contributed by atoms with van der Waals surface area (Å²) in [7, 11) is 0. The van der Waals surface area contributed by atoms with Gasteiger partial charge in [-0.15, -0.1) is 0 Å². The molecule has 0 saturated carbocycles. The van der Waals surface area contributed by atoms with Crippen LogP contribution in [-0.4, -0.2) is 36.3 Å². The van der Waals surface area contributed by atoms with Gasteiger partial charge in [-0.05, 0) is 18.9 Å². The van der Waals surface area contributed by atoms with E-state index >= 15 is 0 Å². The summed E-state index contributed by atoms with van der Waals surface area (Å²) in [6.45, 7) is 5.28. The van der Waals surface area contributed by atoms with Crippen molar-refractivity contribution >= 4 is 5.91 Å². The quantitative estimate of drug-likeness (QED) is 0.872. The number of nitrogens with zero attached hydrogens (tertiary/aromatic N) is 1. The molecule has 1 aliphatic rings. The van der Waals surface area contributed by atoms with Crippen molar-refractivity contribution in [2.24, 2.45) is 0 Å². The van der Waals surface area contributed by atoms with Gasteiger partial charge in [0.05, 0.1) is 24.9 Å². The number of amides is 1. The van der Waals surface area contributed by atoms with Crippen LogP contribution < -0.4 is 5.32 Å². The van der Waals surface area contributed by atoms with Gasteiger partial charge in [-0.3, -0.25) is 4.79 Å². The number of oxazole rings is 1. The average Bonchev–Trinajstić information content (AvgIpc) is 3.03. The van der Waals surface area contributed by atoms with Gasteiger partial charge in [-0.2, -0.15) is 0 Å². The van der Waals surface area contributed by atoms with Gasteiger partial charge < -0.3 is 19.2 Å². The Labute approximate surface area is 147 Å². The molecule has 2 atom stereocenters. The van der Waals surface area contributed by atoms with Crippen molar-refractivity contribution in [1.82, 2.24) is 10.3 Å². The Morgan fingerprint density at radius 1 is 1.36 bits per heavy atom. The Bertz CT molecular complexity index is 699.